The molecule has 0 bridgehead atoms. The number of hydrogen-bond acceptors (Lipinski definition) is 12. The van der Waals surface area contributed by atoms with Gasteiger partial charge in [-0.25, -0.2) is 9.78 Å². The number of oxime groups is 1. The van der Waals surface area contributed by atoms with Crippen molar-refractivity contribution in [2.24, 2.45) is 5.16 Å². The molecule has 2 aliphatic rings. The maximum Gasteiger partial charge on any atom is 0.407 e. The molecule has 8 rings (SSSR count). The summed E-state index contributed by atoms with van der Waals surface area (Å²) in [6, 6.07) is 48.4. The van der Waals surface area contributed by atoms with E-state index in [0.717, 1.165) is 28.0 Å². The number of benzene rings is 5. The second-order valence-corrected chi connectivity index (χ2v) is 17.3. The predicted octanol–water partition coefficient (Wildman–Crippen LogP) is 9.25. The summed E-state index contributed by atoms with van der Waals surface area (Å²) in [5.74, 6) is -1.82. The number of β-lactam (4-membered cyclic amide) rings is 1. The number of halogens is 2. The van der Waals surface area contributed by atoms with Gasteiger partial charge in [0, 0.05) is 23.0 Å². The van der Waals surface area contributed by atoms with Crippen LogP contribution in [0.5, 0.6) is 0 Å². The first-order valence-corrected chi connectivity index (χ1v) is 23.1. The van der Waals surface area contributed by atoms with Crippen LogP contribution in [-0.2, 0) is 29.5 Å². The minimum atomic E-state index is -3.36. The molecular weight excluding hydrogens is 887 g/mol. The molecule has 65 heavy (non-hydrogen) atoms. The maximum absolute atomic E-state index is 14.4. The Hall–Kier alpha value is -7.06. The van der Waals surface area contributed by atoms with Crippen molar-refractivity contribution >= 4 is 63.5 Å². The van der Waals surface area contributed by atoms with Gasteiger partial charge in [0.2, 0.25) is 0 Å². The van der Waals surface area contributed by atoms with Gasteiger partial charge in [-0.05, 0) is 38.8 Å². The number of esters is 1. The van der Waals surface area contributed by atoms with Crippen molar-refractivity contribution in [2.45, 2.75) is 29.7 Å². The van der Waals surface area contributed by atoms with Crippen molar-refractivity contribution in [1.82, 2.24) is 15.2 Å². The Morgan fingerprint density at radius 1 is 0.877 bits per heavy atom. The molecular formula is C49H38F2N6O5S3. The largest absolute Gasteiger partial charge is 0.448 e. The van der Waals surface area contributed by atoms with E-state index in [1.54, 1.807) is 5.41 Å². The first-order valence-electron chi connectivity index (χ1n) is 20.2. The van der Waals surface area contributed by atoms with Crippen molar-refractivity contribution in [3.63, 3.8) is 0 Å². The fraction of sp³-hybridized carbons (Fsp3) is 0.143. The normalized spacial score (nSPS) is 16.2. The van der Waals surface area contributed by atoms with Gasteiger partial charge in [-0.15, -0.1) is 34.9 Å². The van der Waals surface area contributed by atoms with Gasteiger partial charge < -0.3 is 20.2 Å². The van der Waals surface area contributed by atoms with Gasteiger partial charge in [0.25, 0.3) is 11.8 Å². The van der Waals surface area contributed by atoms with Crippen LogP contribution in [0.2, 0.25) is 0 Å². The number of alkyl halides is 2. The zero-order chi connectivity index (χ0) is 45.2. The van der Waals surface area contributed by atoms with E-state index >= 15 is 0 Å². The highest BCUT2D eigenvalue weighted by molar-refractivity contribution is 8.02. The number of ether oxygens (including phenoxy) is 1. The molecule has 0 saturated carbocycles. The number of nitrogens with one attached hydrogen (secondary N) is 2. The highest BCUT2D eigenvalue weighted by atomic mass is 32.2. The standard InChI is InChI=1S/C49H38F2N6O5S3/c50-47(51)62-56-39(38-31-65-48(53-38)55-49(35-21-10-3-11-22-35,36-23-12-4-13-24-36)37-25-14-5-15-26-37)43(58)54-40-44(59)57-41(34(30-64-45(40)57)29-63-28-16-27-52)46(60)61-42(32-17-6-1-7-18-32)33-19-8-2-9-20-33/h1-26,28,31,40,42,45,47H,29-30H2,(H,53,55)(H,54,58)/b28-16-,56-39?/t40?,45-/m0/s1. The summed E-state index contributed by atoms with van der Waals surface area (Å²) in [6.45, 7) is -3.36. The lowest BCUT2D eigenvalue weighted by Gasteiger charge is -2.49. The Morgan fingerprint density at radius 2 is 1.42 bits per heavy atom. The average molecular weight is 925 g/mol. The zero-order valence-electron chi connectivity index (χ0n) is 34.2. The number of aromatic nitrogens is 1. The molecule has 1 saturated heterocycles. The van der Waals surface area contributed by atoms with Gasteiger partial charge in [0.1, 0.15) is 28.3 Å². The number of nitriles is 1. The summed E-state index contributed by atoms with van der Waals surface area (Å²) in [5, 5.41) is 21.5. The summed E-state index contributed by atoms with van der Waals surface area (Å²) in [7, 11) is 0. The molecule has 5 aromatic carbocycles. The molecule has 1 aromatic heterocycles. The summed E-state index contributed by atoms with van der Waals surface area (Å²) < 4.78 is 33.3. The zero-order valence-corrected chi connectivity index (χ0v) is 36.6. The van der Waals surface area contributed by atoms with Crippen LogP contribution >= 0.6 is 34.9 Å². The number of amides is 2. The van der Waals surface area contributed by atoms with Crippen LogP contribution in [0.15, 0.2) is 185 Å². The molecule has 16 heteroatoms. The Balaban J connectivity index is 1.07. The first-order chi connectivity index (χ1) is 31.8. The quantitative estimate of drug-likeness (QED) is 0.0227. The van der Waals surface area contributed by atoms with Crippen LogP contribution in [0.1, 0.15) is 39.6 Å². The number of fused-ring (bicyclic) bond motifs is 1. The molecule has 11 nitrogen and oxygen atoms in total. The van der Waals surface area contributed by atoms with Gasteiger partial charge >= 0.3 is 12.6 Å². The third kappa shape index (κ3) is 9.72. The number of carbonyl (C=O) groups is 3. The van der Waals surface area contributed by atoms with Gasteiger partial charge in [0.05, 0.1) is 6.07 Å². The third-order valence-electron chi connectivity index (χ3n) is 10.6. The fourth-order valence-electron chi connectivity index (χ4n) is 7.65. The van der Waals surface area contributed by atoms with Crippen LogP contribution in [0.4, 0.5) is 13.9 Å². The SMILES string of the molecule is N#C/C=C\SCC1=C(C(=O)OC(c2ccccc2)c2ccccc2)N2C(=O)C(NC(=O)C(=NOC(F)F)c3csc(NC(c4ccccc4)(c4ccccc4)c4ccccc4)n3)[C@@H]2SC1. The third-order valence-corrected chi connectivity index (χ3v) is 13.5. The van der Waals surface area contributed by atoms with E-state index in [9.17, 15) is 23.2 Å². The molecule has 1 unspecified atom stereocenters. The van der Waals surface area contributed by atoms with Crippen molar-refractivity contribution in [3.8, 4) is 6.07 Å². The molecule has 3 heterocycles. The summed E-state index contributed by atoms with van der Waals surface area (Å²) >= 11 is 3.71. The Morgan fingerprint density at radius 3 is 1.94 bits per heavy atom. The van der Waals surface area contributed by atoms with E-state index < -0.39 is 53.2 Å². The lowest BCUT2D eigenvalue weighted by molar-refractivity contribution is -0.154. The maximum atomic E-state index is 14.4. The molecule has 326 valence electrons. The smallest absolute Gasteiger partial charge is 0.407 e. The minimum Gasteiger partial charge on any atom is -0.448 e. The van der Waals surface area contributed by atoms with E-state index in [0.29, 0.717) is 21.8 Å². The van der Waals surface area contributed by atoms with Crippen LogP contribution in [0.25, 0.3) is 0 Å². The number of rotatable bonds is 17. The van der Waals surface area contributed by atoms with E-state index in [-0.39, 0.29) is 22.9 Å². The molecule has 2 atom stereocenters. The van der Waals surface area contributed by atoms with Gasteiger partial charge in [-0.1, -0.05) is 157 Å². The lowest BCUT2D eigenvalue weighted by Crippen LogP contribution is -2.71. The molecule has 2 amide bonds. The second kappa shape index (κ2) is 20.6. The molecule has 1 fully saturated rings. The fourth-order valence-corrected chi connectivity index (χ4v) is 10.6. The van der Waals surface area contributed by atoms with Gasteiger partial charge in [-0.3, -0.25) is 14.5 Å². The number of hydrogen-bond donors (Lipinski definition) is 2. The molecule has 2 N–H and O–H groups in total. The molecule has 6 aromatic rings. The predicted molar refractivity (Wildman–Crippen MR) is 249 cm³/mol. The van der Waals surface area contributed by atoms with Gasteiger partial charge in [0.15, 0.2) is 16.9 Å². The Bertz CT molecular complexity index is 2620. The topological polar surface area (TPSA) is 146 Å². The van der Waals surface area contributed by atoms with Crippen molar-refractivity contribution < 1.29 is 32.7 Å². The second-order valence-electron chi connectivity index (χ2n) is 14.5. The number of anilines is 1. The molecule has 0 radical (unpaired) electrons. The van der Waals surface area contributed by atoms with Gasteiger partial charge in [-0.2, -0.15) is 14.0 Å². The number of carbonyl (C=O) groups excluding carboxylic acids is 3. The summed E-state index contributed by atoms with van der Waals surface area (Å²) in [5.41, 5.74) is 3.04. The number of allylic oxidation sites excluding steroid dienone is 1. The van der Waals surface area contributed by atoms with E-state index in [2.05, 4.69) is 25.6 Å². The minimum absolute atomic E-state index is 0.0304. The van der Waals surface area contributed by atoms with E-state index in [4.69, 9.17) is 10.00 Å². The number of nitrogens with zero attached hydrogens (tertiary/aromatic N) is 4. The molecule has 2 aliphatic heterocycles. The summed E-state index contributed by atoms with van der Waals surface area (Å²) in [4.78, 5) is 53.0. The molecule has 0 spiro atoms. The van der Waals surface area contributed by atoms with Crippen LogP contribution in [0, 0.1) is 11.3 Å². The van der Waals surface area contributed by atoms with Crippen LogP contribution in [0.3, 0.4) is 0 Å². The number of thiazole rings is 1. The first kappa shape index (κ1) is 44.5. The highest BCUT2D eigenvalue weighted by Crippen LogP contribution is 2.43. The monoisotopic (exact) mass is 924 g/mol. The average Bonchev–Trinajstić information content (AvgIpc) is 3.81. The highest BCUT2D eigenvalue weighted by Gasteiger charge is 2.55. The summed E-state index contributed by atoms with van der Waals surface area (Å²) in [6.07, 6.45) is 0.502. The van der Waals surface area contributed by atoms with Crippen molar-refractivity contribution in [2.75, 3.05) is 16.8 Å². The van der Waals surface area contributed by atoms with E-state index in [1.165, 1.54) is 39.9 Å². The Labute approximate surface area is 385 Å². The Kier molecular flexibility index (Phi) is 14.1. The molecule has 0 aliphatic carbocycles. The van der Waals surface area contributed by atoms with Crippen molar-refractivity contribution in [1.29, 1.82) is 5.26 Å². The van der Waals surface area contributed by atoms with Crippen LogP contribution in [-0.4, -0.2) is 62.9 Å². The van der Waals surface area contributed by atoms with E-state index in [1.807, 2.05) is 158 Å². The van der Waals surface area contributed by atoms with Crippen LogP contribution < -0.4 is 10.6 Å². The van der Waals surface area contributed by atoms with Crippen molar-refractivity contribution in [3.05, 3.63) is 213 Å². The lowest BCUT2D eigenvalue weighted by atomic mass is 9.77. The number of thioether (sulfide) groups is 2.